The Balaban J connectivity index is 2.59. The molecular formula is C16H22N2O3. The van der Waals surface area contributed by atoms with Crippen molar-refractivity contribution in [3.63, 3.8) is 0 Å². The van der Waals surface area contributed by atoms with Crippen LogP contribution in [0.1, 0.15) is 31.0 Å². The summed E-state index contributed by atoms with van der Waals surface area (Å²) in [5.41, 5.74) is 2.78. The number of benzene rings is 1. The zero-order valence-corrected chi connectivity index (χ0v) is 13.0. The number of aromatic nitrogens is 2. The minimum absolute atomic E-state index is 0.0693. The van der Waals surface area contributed by atoms with Crippen LogP contribution in [0.5, 0.6) is 11.6 Å². The molecule has 0 fully saturated rings. The van der Waals surface area contributed by atoms with E-state index in [1.54, 1.807) is 18.9 Å². The zero-order valence-electron chi connectivity index (χ0n) is 13.0. The lowest BCUT2D eigenvalue weighted by atomic mass is 10.0. The fraction of sp³-hybridized carbons (Fsp3) is 0.438. The first-order valence-electron chi connectivity index (χ1n) is 7.03. The quantitative estimate of drug-likeness (QED) is 0.888. The lowest BCUT2D eigenvalue weighted by molar-refractivity contribution is 0.295. The van der Waals surface area contributed by atoms with Crippen molar-refractivity contribution in [3.05, 3.63) is 35.5 Å². The summed E-state index contributed by atoms with van der Waals surface area (Å²) >= 11 is 0. The van der Waals surface area contributed by atoms with Crippen LogP contribution >= 0.6 is 0 Å². The Bertz CT molecular complexity index is 606. The molecule has 0 aliphatic carbocycles. The summed E-state index contributed by atoms with van der Waals surface area (Å²) < 4.78 is 12.6. The average molecular weight is 290 g/mol. The molecule has 1 N–H and O–H groups in total. The van der Waals surface area contributed by atoms with Gasteiger partial charge in [-0.25, -0.2) is 4.68 Å². The summed E-state index contributed by atoms with van der Waals surface area (Å²) in [6.07, 6.45) is 0.528. The first-order chi connectivity index (χ1) is 10.1. The van der Waals surface area contributed by atoms with Gasteiger partial charge in [0.1, 0.15) is 5.75 Å². The molecule has 1 aromatic carbocycles. The predicted octanol–water partition coefficient (Wildman–Crippen LogP) is 2.55. The SMILES string of the molecule is COc1cccc(-n2nc(C(C)C)c(CCO)c2OC)c1. The third-order valence-electron chi connectivity index (χ3n) is 3.37. The molecule has 5 nitrogen and oxygen atoms in total. The summed E-state index contributed by atoms with van der Waals surface area (Å²) in [7, 11) is 3.26. The van der Waals surface area contributed by atoms with Crippen LogP contribution < -0.4 is 9.47 Å². The Morgan fingerprint density at radius 2 is 2.00 bits per heavy atom. The Hall–Kier alpha value is -2.01. The maximum absolute atomic E-state index is 9.30. The van der Waals surface area contributed by atoms with E-state index < -0.39 is 0 Å². The van der Waals surface area contributed by atoms with Crippen LogP contribution in [0.3, 0.4) is 0 Å². The standard InChI is InChI=1S/C16H22N2O3/c1-11(2)15-14(8-9-19)16(21-4)18(17-15)12-6-5-7-13(10-12)20-3/h5-7,10-11,19H,8-9H2,1-4H3. The van der Waals surface area contributed by atoms with Crippen molar-refractivity contribution in [2.24, 2.45) is 0 Å². The highest BCUT2D eigenvalue weighted by atomic mass is 16.5. The number of ether oxygens (including phenoxy) is 2. The summed E-state index contributed by atoms with van der Waals surface area (Å²) in [5, 5.41) is 14.0. The average Bonchev–Trinajstić information content (AvgIpc) is 2.86. The van der Waals surface area contributed by atoms with Crippen molar-refractivity contribution >= 4 is 0 Å². The second-order valence-electron chi connectivity index (χ2n) is 5.11. The monoisotopic (exact) mass is 290 g/mol. The minimum Gasteiger partial charge on any atom is -0.497 e. The van der Waals surface area contributed by atoms with Crippen molar-refractivity contribution < 1.29 is 14.6 Å². The van der Waals surface area contributed by atoms with Gasteiger partial charge in [-0.3, -0.25) is 0 Å². The minimum atomic E-state index is 0.0693. The largest absolute Gasteiger partial charge is 0.497 e. The number of hydrogen-bond donors (Lipinski definition) is 1. The third-order valence-corrected chi connectivity index (χ3v) is 3.37. The molecule has 0 aliphatic heterocycles. The fourth-order valence-corrected chi connectivity index (χ4v) is 2.39. The fourth-order valence-electron chi connectivity index (χ4n) is 2.39. The van der Waals surface area contributed by atoms with Gasteiger partial charge in [-0.2, -0.15) is 5.10 Å². The van der Waals surface area contributed by atoms with E-state index in [-0.39, 0.29) is 12.5 Å². The van der Waals surface area contributed by atoms with Gasteiger partial charge in [0.05, 0.1) is 25.6 Å². The number of aliphatic hydroxyl groups is 1. The van der Waals surface area contributed by atoms with E-state index in [0.717, 1.165) is 22.7 Å². The molecule has 21 heavy (non-hydrogen) atoms. The summed E-state index contributed by atoms with van der Waals surface area (Å²) in [4.78, 5) is 0. The molecule has 0 aliphatic rings. The van der Waals surface area contributed by atoms with E-state index in [9.17, 15) is 5.11 Å². The molecule has 0 saturated carbocycles. The van der Waals surface area contributed by atoms with Crippen LogP contribution in [0.4, 0.5) is 0 Å². The Labute approximate surface area is 125 Å². The summed E-state index contributed by atoms with van der Waals surface area (Å²) in [5.74, 6) is 1.69. The normalized spacial score (nSPS) is 11.0. The van der Waals surface area contributed by atoms with E-state index >= 15 is 0 Å². The van der Waals surface area contributed by atoms with Gasteiger partial charge < -0.3 is 14.6 Å². The molecule has 2 aromatic rings. The smallest absolute Gasteiger partial charge is 0.220 e. The van der Waals surface area contributed by atoms with Gasteiger partial charge in [0.2, 0.25) is 5.88 Å². The Morgan fingerprint density at radius 3 is 2.57 bits per heavy atom. The summed E-state index contributed by atoms with van der Waals surface area (Å²) in [6.45, 7) is 4.23. The Kier molecular flexibility index (Phi) is 4.85. The topological polar surface area (TPSA) is 56.5 Å². The molecule has 1 aromatic heterocycles. The van der Waals surface area contributed by atoms with Crippen LogP contribution in [0.25, 0.3) is 5.69 Å². The van der Waals surface area contributed by atoms with Crippen LogP contribution in [-0.2, 0) is 6.42 Å². The molecule has 0 saturated heterocycles. The maximum atomic E-state index is 9.30. The molecule has 0 radical (unpaired) electrons. The van der Waals surface area contributed by atoms with Gasteiger partial charge in [0, 0.05) is 24.7 Å². The molecule has 0 spiro atoms. The van der Waals surface area contributed by atoms with Gasteiger partial charge in [0.25, 0.3) is 0 Å². The lowest BCUT2D eigenvalue weighted by Gasteiger charge is -2.09. The molecular weight excluding hydrogens is 268 g/mol. The van der Waals surface area contributed by atoms with Crippen molar-refractivity contribution in [3.8, 4) is 17.3 Å². The highest BCUT2D eigenvalue weighted by Gasteiger charge is 2.21. The van der Waals surface area contributed by atoms with Crippen LogP contribution in [0.15, 0.2) is 24.3 Å². The van der Waals surface area contributed by atoms with Crippen LogP contribution in [-0.4, -0.2) is 35.7 Å². The maximum Gasteiger partial charge on any atom is 0.220 e. The zero-order chi connectivity index (χ0) is 15.4. The van der Waals surface area contributed by atoms with Crippen molar-refractivity contribution in [2.45, 2.75) is 26.2 Å². The predicted molar refractivity (Wildman–Crippen MR) is 81.5 cm³/mol. The van der Waals surface area contributed by atoms with Crippen molar-refractivity contribution in [1.29, 1.82) is 0 Å². The number of rotatable bonds is 6. The second-order valence-corrected chi connectivity index (χ2v) is 5.11. The first kappa shape index (κ1) is 15.4. The lowest BCUT2D eigenvalue weighted by Crippen LogP contribution is -2.01. The summed E-state index contributed by atoms with van der Waals surface area (Å²) in [6, 6.07) is 7.65. The van der Waals surface area contributed by atoms with Gasteiger partial charge in [0.15, 0.2) is 0 Å². The highest BCUT2D eigenvalue weighted by Crippen LogP contribution is 2.31. The Morgan fingerprint density at radius 1 is 1.24 bits per heavy atom. The van der Waals surface area contributed by atoms with E-state index in [1.807, 2.05) is 24.3 Å². The molecule has 1 heterocycles. The van der Waals surface area contributed by atoms with Crippen LogP contribution in [0, 0.1) is 0 Å². The first-order valence-corrected chi connectivity index (χ1v) is 7.03. The van der Waals surface area contributed by atoms with Crippen molar-refractivity contribution in [1.82, 2.24) is 9.78 Å². The van der Waals surface area contributed by atoms with Gasteiger partial charge >= 0.3 is 0 Å². The van der Waals surface area contributed by atoms with Gasteiger partial charge in [-0.1, -0.05) is 19.9 Å². The van der Waals surface area contributed by atoms with Crippen LogP contribution in [0.2, 0.25) is 0 Å². The van der Waals surface area contributed by atoms with E-state index in [1.165, 1.54) is 0 Å². The van der Waals surface area contributed by atoms with E-state index in [4.69, 9.17) is 9.47 Å². The molecule has 0 atom stereocenters. The highest BCUT2D eigenvalue weighted by molar-refractivity contribution is 5.45. The molecule has 5 heteroatoms. The second kappa shape index (κ2) is 6.63. The number of methoxy groups -OCH3 is 2. The van der Waals surface area contributed by atoms with Gasteiger partial charge in [-0.05, 0) is 18.1 Å². The number of aliphatic hydroxyl groups excluding tert-OH is 1. The number of nitrogens with zero attached hydrogens (tertiary/aromatic N) is 2. The molecule has 2 rings (SSSR count). The molecule has 0 amide bonds. The molecule has 114 valence electrons. The third kappa shape index (κ3) is 3.03. The van der Waals surface area contributed by atoms with Gasteiger partial charge in [-0.15, -0.1) is 0 Å². The number of hydrogen-bond acceptors (Lipinski definition) is 4. The molecule has 0 bridgehead atoms. The van der Waals surface area contributed by atoms with E-state index in [2.05, 4.69) is 18.9 Å². The van der Waals surface area contributed by atoms with Crippen molar-refractivity contribution in [2.75, 3.05) is 20.8 Å². The van der Waals surface area contributed by atoms with E-state index in [0.29, 0.717) is 12.3 Å². The molecule has 0 unspecified atom stereocenters.